The molecule has 0 unspecified atom stereocenters. The van der Waals surface area contributed by atoms with Crippen molar-refractivity contribution in [3.63, 3.8) is 0 Å². The van der Waals surface area contributed by atoms with Gasteiger partial charge in [-0.2, -0.15) is 0 Å². The number of benzene rings is 2. The lowest BCUT2D eigenvalue weighted by Crippen LogP contribution is -2.17. The Morgan fingerprint density at radius 1 is 1.09 bits per heavy atom. The lowest BCUT2D eigenvalue weighted by atomic mass is 10.1. The zero-order chi connectivity index (χ0) is 16.7. The van der Waals surface area contributed by atoms with Crippen LogP contribution >= 0.6 is 11.6 Å². The second-order valence-corrected chi connectivity index (χ2v) is 5.07. The molecule has 0 fully saturated rings. The third-order valence-electron chi connectivity index (χ3n) is 3.02. The average molecular weight is 334 g/mol. The number of para-hydroxylation sites is 1. The largest absolute Gasteiger partial charge is 0.493 e. The van der Waals surface area contributed by atoms with Crippen molar-refractivity contribution in [3.8, 4) is 5.75 Å². The zero-order valence-electron chi connectivity index (χ0n) is 12.5. The molecule has 23 heavy (non-hydrogen) atoms. The molecule has 120 valence electrons. The molecule has 1 amide bonds. The van der Waals surface area contributed by atoms with Gasteiger partial charge in [0.05, 0.1) is 31.4 Å². The van der Waals surface area contributed by atoms with Crippen LogP contribution in [0.2, 0.25) is 5.02 Å². The molecule has 0 aliphatic rings. The quantitative estimate of drug-likeness (QED) is 0.821. The van der Waals surface area contributed by atoms with Gasteiger partial charge in [-0.05, 0) is 36.4 Å². The average Bonchev–Trinajstić information content (AvgIpc) is 2.56. The van der Waals surface area contributed by atoms with Gasteiger partial charge < -0.3 is 14.8 Å². The lowest BCUT2D eigenvalue weighted by Gasteiger charge is -2.10. The molecule has 0 aliphatic carbocycles. The Balaban J connectivity index is 1.88. The van der Waals surface area contributed by atoms with E-state index in [0.717, 1.165) is 0 Å². The molecule has 2 aromatic rings. The van der Waals surface area contributed by atoms with Gasteiger partial charge in [0.2, 0.25) is 5.91 Å². The molecule has 0 spiro atoms. The number of amides is 1. The Morgan fingerprint density at radius 3 is 2.48 bits per heavy atom. The van der Waals surface area contributed by atoms with E-state index >= 15 is 0 Å². The van der Waals surface area contributed by atoms with Crippen LogP contribution in [0.25, 0.3) is 0 Å². The number of anilines is 1. The lowest BCUT2D eigenvalue weighted by molar-refractivity contribution is -0.116. The molecule has 0 saturated carbocycles. The van der Waals surface area contributed by atoms with E-state index in [0.29, 0.717) is 22.0 Å². The predicted molar refractivity (Wildman–Crippen MR) is 88.0 cm³/mol. The minimum absolute atomic E-state index is 0.151. The fourth-order valence-electron chi connectivity index (χ4n) is 1.89. The molecule has 0 aromatic heterocycles. The molecule has 0 heterocycles. The summed E-state index contributed by atoms with van der Waals surface area (Å²) in [5.41, 5.74) is 0.720. The standard InChI is InChI=1S/C17H16ClNO4/c1-22-17(21)14-4-2-3-5-15(14)19-16(20)10-11-23-13-8-6-12(18)7-9-13/h2-9H,10-11H2,1H3,(H,19,20). The van der Waals surface area contributed by atoms with Crippen LogP contribution in [0.5, 0.6) is 5.75 Å². The van der Waals surface area contributed by atoms with E-state index in [1.165, 1.54) is 7.11 Å². The SMILES string of the molecule is COC(=O)c1ccccc1NC(=O)CCOc1ccc(Cl)cc1. The van der Waals surface area contributed by atoms with E-state index in [-0.39, 0.29) is 18.9 Å². The molecule has 0 bridgehead atoms. The summed E-state index contributed by atoms with van der Waals surface area (Å²) in [6.45, 7) is 0.216. The summed E-state index contributed by atoms with van der Waals surface area (Å²) in [7, 11) is 1.29. The zero-order valence-corrected chi connectivity index (χ0v) is 13.3. The van der Waals surface area contributed by atoms with Crippen molar-refractivity contribution >= 4 is 29.2 Å². The highest BCUT2D eigenvalue weighted by Crippen LogP contribution is 2.17. The van der Waals surface area contributed by atoms with Crippen LogP contribution in [0, 0.1) is 0 Å². The van der Waals surface area contributed by atoms with Gasteiger partial charge in [-0.15, -0.1) is 0 Å². The number of halogens is 1. The number of esters is 1. The Kier molecular flexibility index (Phi) is 6.00. The molecule has 1 N–H and O–H groups in total. The van der Waals surface area contributed by atoms with Crippen molar-refractivity contribution in [2.75, 3.05) is 19.0 Å². The Hall–Kier alpha value is -2.53. The second kappa shape index (κ2) is 8.19. The minimum Gasteiger partial charge on any atom is -0.493 e. The van der Waals surface area contributed by atoms with Crippen molar-refractivity contribution in [3.05, 3.63) is 59.1 Å². The van der Waals surface area contributed by atoms with Crippen LogP contribution in [0.3, 0.4) is 0 Å². The number of hydrogen-bond acceptors (Lipinski definition) is 4. The highest BCUT2D eigenvalue weighted by Gasteiger charge is 2.13. The van der Waals surface area contributed by atoms with Crippen LogP contribution in [-0.4, -0.2) is 25.6 Å². The molecule has 2 rings (SSSR count). The van der Waals surface area contributed by atoms with E-state index in [1.54, 1.807) is 48.5 Å². The van der Waals surface area contributed by atoms with Crippen molar-refractivity contribution < 1.29 is 19.1 Å². The maximum atomic E-state index is 12.0. The van der Waals surface area contributed by atoms with Gasteiger partial charge in [0, 0.05) is 5.02 Å². The highest BCUT2D eigenvalue weighted by atomic mass is 35.5. The number of carbonyl (C=O) groups excluding carboxylic acids is 2. The number of ether oxygens (including phenoxy) is 2. The van der Waals surface area contributed by atoms with E-state index in [4.69, 9.17) is 16.3 Å². The number of rotatable bonds is 6. The van der Waals surface area contributed by atoms with Crippen LogP contribution in [0.1, 0.15) is 16.8 Å². The maximum absolute atomic E-state index is 12.0. The van der Waals surface area contributed by atoms with Gasteiger partial charge >= 0.3 is 5.97 Å². The van der Waals surface area contributed by atoms with Gasteiger partial charge in [0.15, 0.2) is 0 Å². The van der Waals surface area contributed by atoms with E-state index in [9.17, 15) is 9.59 Å². The summed E-state index contributed by atoms with van der Waals surface area (Å²) in [5, 5.41) is 3.30. The fourth-order valence-corrected chi connectivity index (χ4v) is 2.01. The van der Waals surface area contributed by atoms with Gasteiger partial charge in [0.1, 0.15) is 5.75 Å². The maximum Gasteiger partial charge on any atom is 0.339 e. The molecule has 0 aliphatic heterocycles. The third-order valence-corrected chi connectivity index (χ3v) is 3.27. The van der Waals surface area contributed by atoms with Crippen LogP contribution in [0.4, 0.5) is 5.69 Å². The van der Waals surface area contributed by atoms with Crippen molar-refractivity contribution in [2.24, 2.45) is 0 Å². The number of hydrogen-bond donors (Lipinski definition) is 1. The summed E-state index contributed by atoms with van der Waals surface area (Å²) in [4.78, 5) is 23.6. The van der Waals surface area contributed by atoms with E-state index in [1.807, 2.05) is 0 Å². The van der Waals surface area contributed by atoms with Gasteiger partial charge in [-0.1, -0.05) is 23.7 Å². The highest BCUT2D eigenvalue weighted by molar-refractivity contribution is 6.30. The molecule has 0 radical (unpaired) electrons. The van der Waals surface area contributed by atoms with Crippen LogP contribution in [-0.2, 0) is 9.53 Å². The molecule has 0 atom stereocenters. The first-order chi connectivity index (χ1) is 11.1. The van der Waals surface area contributed by atoms with E-state index < -0.39 is 5.97 Å². The Bertz CT molecular complexity index is 685. The third kappa shape index (κ3) is 5.00. The molecule has 6 heteroatoms. The monoisotopic (exact) mass is 333 g/mol. The normalized spacial score (nSPS) is 10.0. The van der Waals surface area contributed by atoms with Gasteiger partial charge in [-0.3, -0.25) is 4.79 Å². The van der Waals surface area contributed by atoms with Crippen molar-refractivity contribution in [1.29, 1.82) is 0 Å². The topological polar surface area (TPSA) is 64.6 Å². The Labute approximate surface area is 139 Å². The molecule has 5 nitrogen and oxygen atoms in total. The number of nitrogens with one attached hydrogen (secondary N) is 1. The molecular weight excluding hydrogens is 318 g/mol. The van der Waals surface area contributed by atoms with E-state index in [2.05, 4.69) is 10.1 Å². The smallest absolute Gasteiger partial charge is 0.339 e. The number of methoxy groups -OCH3 is 1. The molecule has 2 aromatic carbocycles. The van der Waals surface area contributed by atoms with Gasteiger partial charge in [-0.25, -0.2) is 4.79 Å². The summed E-state index contributed by atoms with van der Waals surface area (Å²) in [5.74, 6) is -0.120. The minimum atomic E-state index is -0.502. The molecular formula is C17H16ClNO4. The first-order valence-corrected chi connectivity index (χ1v) is 7.33. The predicted octanol–water partition coefficient (Wildman–Crippen LogP) is 3.53. The first kappa shape index (κ1) is 16.8. The summed E-state index contributed by atoms with van der Waals surface area (Å²) < 4.78 is 10.1. The molecule has 0 saturated heterocycles. The van der Waals surface area contributed by atoms with Crippen LogP contribution < -0.4 is 10.1 Å². The summed E-state index contributed by atoms with van der Waals surface area (Å²) in [6, 6.07) is 13.5. The second-order valence-electron chi connectivity index (χ2n) is 4.64. The van der Waals surface area contributed by atoms with Gasteiger partial charge in [0.25, 0.3) is 0 Å². The van der Waals surface area contributed by atoms with Crippen molar-refractivity contribution in [1.82, 2.24) is 0 Å². The summed E-state index contributed by atoms with van der Waals surface area (Å²) in [6.07, 6.45) is 0.151. The Morgan fingerprint density at radius 2 is 1.78 bits per heavy atom. The van der Waals surface area contributed by atoms with Crippen molar-refractivity contribution in [2.45, 2.75) is 6.42 Å². The first-order valence-electron chi connectivity index (χ1n) is 6.95. The van der Waals surface area contributed by atoms with Crippen LogP contribution in [0.15, 0.2) is 48.5 Å². The summed E-state index contributed by atoms with van der Waals surface area (Å²) >= 11 is 5.78. The number of carbonyl (C=O) groups is 2. The fraction of sp³-hybridized carbons (Fsp3) is 0.176.